The molecular formula is C25H28F3N5O2. The Labute approximate surface area is 201 Å². The number of nitrogens with one attached hydrogen (secondary N) is 1. The van der Waals surface area contributed by atoms with Gasteiger partial charge in [0, 0.05) is 37.3 Å². The second kappa shape index (κ2) is 10.5. The largest absolute Gasteiger partial charge is 0.417 e. The van der Waals surface area contributed by atoms with Crippen LogP contribution < -0.4 is 15.8 Å². The van der Waals surface area contributed by atoms with Crippen LogP contribution >= 0.6 is 0 Å². The van der Waals surface area contributed by atoms with Crippen molar-refractivity contribution in [3.63, 3.8) is 0 Å². The number of aryl methyl sites for hydroxylation is 1. The first-order valence-electron chi connectivity index (χ1n) is 11.9. The summed E-state index contributed by atoms with van der Waals surface area (Å²) in [6.45, 7) is 3.63. The molecule has 3 heterocycles. The third-order valence-corrected chi connectivity index (χ3v) is 6.29. The number of aromatic nitrogens is 3. The molecule has 0 aliphatic carbocycles. The number of carbonyl (C=O) groups excluding carboxylic acids is 1. The fourth-order valence-corrected chi connectivity index (χ4v) is 4.31. The standard InChI is InChI=1S/C25H28F3N5O2/c1-2-3-6-13-33-24(35)20-8-5-4-7-19(20)22(31-33)23(34)30-18-11-14-32(15-12-18)21-10-9-17(16-29-21)25(26,27)28/h4-5,7-10,16,18H,2-3,6,11-15H2,1H3,(H,30,34). The first-order chi connectivity index (χ1) is 16.8. The summed E-state index contributed by atoms with van der Waals surface area (Å²) in [5.41, 5.74) is -0.756. The quantitative estimate of drug-likeness (QED) is 0.500. The van der Waals surface area contributed by atoms with Gasteiger partial charge in [-0.1, -0.05) is 38.0 Å². The summed E-state index contributed by atoms with van der Waals surface area (Å²) in [4.78, 5) is 31.9. The number of amides is 1. The molecule has 1 N–H and O–H groups in total. The Morgan fingerprint density at radius 3 is 2.43 bits per heavy atom. The number of fused-ring (bicyclic) bond motifs is 1. The molecule has 0 saturated carbocycles. The number of halogens is 3. The highest BCUT2D eigenvalue weighted by Gasteiger charge is 2.31. The van der Waals surface area contributed by atoms with Gasteiger partial charge in [0.05, 0.1) is 10.9 Å². The van der Waals surface area contributed by atoms with Gasteiger partial charge in [-0.25, -0.2) is 9.67 Å². The van der Waals surface area contributed by atoms with E-state index in [1.54, 1.807) is 24.3 Å². The number of nitrogens with zero attached hydrogens (tertiary/aromatic N) is 4. The molecule has 4 rings (SSSR count). The minimum atomic E-state index is -4.42. The maximum atomic E-state index is 13.2. The fourth-order valence-electron chi connectivity index (χ4n) is 4.31. The normalized spacial score (nSPS) is 14.9. The molecule has 0 unspecified atom stereocenters. The topological polar surface area (TPSA) is 80.1 Å². The van der Waals surface area contributed by atoms with Crippen molar-refractivity contribution < 1.29 is 18.0 Å². The summed E-state index contributed by atoms with van der Waals surface area (Å²) in [6, 6.07) is 9.27. The van der Waals surface area contributed by atoms with Crippen molar-refractivity contribution in [3.05, 3.63) is 64.2 Å². The van der Waals surface area contributed by atoms with Gasteiger partial charge < -0.3 is 10.2 Å². The molecule has 0 atom stereocenters. The number of rotatable bonds is 7. The molecule has 35 heavy (non-hydrogen) atoms. The van der Waals surface area contributed by atoms with Crippen molar-refractivity contribution in [2.24, 2.45) is 0 Å². The van der Waals surface area contributed by atoms with E-state index in [4.69, 9.17) is 0 Å². The second-order valence-corrected chi connectivity index (χ2v) is 8.77. The lowest BCUT2D eigenvalue weighted by molar-refractivity contribution is -0.137. The number of hydrogen-bond donors (Lipinski definition) is 1. The van der Waals surface area contributed by atoms with E-state index >= 15 is 0 Å². The van der Waals surface area contributed by atoms with E-state index in [9.17, 15) is 22.8 Å². The van der Waals surface area contributed by atoms with Crippen molar-refractivity contribution in [1.29, 1.82) is 0 Å². The van der Waals surface area contributed by atoms with Crippen LogP contribution in [0.5, 0.6) is 0 Å². The Morgan fingerprint density at radius 2 is 1.80 bits per heavy atom. The van der Waals surface area contributed by atoms with Crippen LogP contribution in [0.15, 0.2) is 47.4 Å². The number of hydrogen-bond acceptors (Lipinski definition) is 5. The molecule has 7 nitrogen and oxygen atoms in total. The summed E-state index contributed by atoms with van der Waals surface area (Å²) in [5, 5.41) is 8.42. The highest BCUT2D eigenvalue weighted by atomic mass is 19.4. The van der Waals surface area contributed by atoms with Gasteiger partial charge in [0.15, 0.2) is 5.69 Å². The molecule has 1 amide bonds. The first kappa shape index (κ1) is 24.7. The molecule has 2 aromatic heterocycles. The molecule has 1 aliphatic rings. The van der Waals surface area contributed by atoms with Crippen LogP contribution in [0.25, 0.3) is 10.8 Å². The maximum Gasteiger partial charge on any atom is 0.417 e. The van der Waals surface area contributed by atoms with Crippen molar-refractivity contribution in [3.8, 4) is 0 Å². The van der Waals surface area contributed by atoms with Gasteiger partial charge in [0.2, 0.25) is 0 Å². The molecule has 186 valence electrons. The van der Waals surface area contributed by atoms with E-state index in [1.807, 2.05) is 4.90 Å². The zero-order valence-electron chi connectivity index (χ0n) is 19.5. The van der Waals surface area contributed by atoms with Gasteiger partial charge >= 0.3 is 6.18 Å². The lowest BCUT2D eigenvalue weighted by Gasteiger charge is -2.33. The van der Waals surface area contributed by atoms with Crippen LogP contribution in [-0.4, -0.2) is 39.8 Å². The van der Waals surface area contributed by atoms with Gasteiger partial charge in [-0.05, 0) is 37.5 Å². The Kier molecular flexibility index (Phi) is 7.37. The highest BCUT2D eigenvalue weighted by Crippen LogP contribution is 2.29. The van der Waals surface area contributed by atoms with Crippen molar-refractivity contribution in [2.45, 2.75) is 57.8 Å². The molecule has 1 aromatic carbocycles. The molecular weight excluding hydrogens is 459 g/mol. The van der Waals surface area contributed by atoms with Gasteiger partial charge in [-0.2, -0.15) is 18.3 Å². The number of piperidine rings is 1. The summed E-state index contributed by atoms with van der Waals surface area (Å²) in [5.74, 6) is 0.145. The third-order valence-electron chi connectivity index (χ3n) is 6.29. The minimum absolute atomic E-state index is 0.116. The average molecular weight is 488 g/mol. The molecule has 1 fully saturated rings. The average Bonchev–Trinajstić information content (AvgIpc) is 2.85. The zero-order valence-corrected chi connectivity index (χ0v) is 19.5. The number of carbonyl (C=O) groups is 1. The monoisotopic (exact) mass is 487 g/mol. The third kappa shape index (κ3) is 5.63. The smallest absolute Gasteiger partial charge is 0.356 e. The van der Waals surface area contributed by atoms with E-state index < -0.39 is 11.7 Å². The summed E-state index contributed by atoms with van der Waals surface area (Å²) >= 11 is 0. The summed E-state index contributed by atoms with van der Waals surface area (Å²) < 4.78 is 39.7. The summed E-state index contributed by atoms with van der Waals surface area (Å²) in [6.07, 6.45) is 0.435. The van der Waals surface area contributed by atoms with E-state index in [2.05, 4.69) is 22.3 Å². The lowest BCUT2D eigenvalue weighted by Crippen LogP contribution is -2.45. The Balaban J connectivity index is 1.44. The molecule has 10 heteroatoms. The number of alkyl halides is 3. The minimum Gasteiger partial charge on any atom is -0.356 e. The zero-order chi connectivity index (χ0) is 25.0. The van der Waals surface area contributed by atoms with Gasteiger partial charge in [0.1, 0.15) is 5.82 Å². The van der Waals surface area contributed by atoms with Crippen LogP contribution in [0.2, 0.25) is 0 Å². The fraction of sp³-hybridized carbons (Fsp3) is 0.440. The van der Waals surface area contributed by atoms with Gasteiger partial charge in [-0.15, -0.1) is 0 Å². The lowest BCUT2D eigenvalue weighted by atomic mass is 10.0. The first-order valence-corrected chi connectivity index (χ1v) is 11.9. The molecule has 0 spiro atoms. The number of anilines is 1. The number of pyridine rings is 1. The maximum absolute atomic E-state index is 13.2. The summed E-state index contributed by atoms with van der Waals surface area (Å²) in [7, 11) is 0. The van der Waals surface area contributed by atoms with E-state index in [-0.39, 0.29) is 23.2 Å². The van der Waals surface area contributed by atoms with Gasteiger partial charge in [0.25, 0.3) is 11.5 Å². The molecule has 0 bridgehead atoms. The Morgan fingerprint density at radius 1 is 1.09 bits per heavy atom. The van der Waals surface area contributed by atoms with E-state index in [1.165, 1.54) is 10.7 Å². The van der Waals surface area contributed by atoms with Crippen LogP contribution in [0.4, 0.5) is 19.0 Å². The van der Waals surface area contributed by atoms with Crippen LogP contribution in [0.3, 0.4) is 0 Å². The molecule has 1 aliphatic heterocycles. The Bertz CT molecular complexity index is 1230. The number of unbranched alkanes of at least 4 members (excludes halogenated alkanes) is 2. The predicted molar refractivity (Wildman–Crippen MR) is 127 cm³/mol. The van der Waals surface area contributed by atoms with Crippen molar-refractivity contribution in [1.82, 2.24) is 20.1 Å². The van der Waals surface area contributed by atoms with Gasteiger partial charge in [-0.3, -0.25) is 9.59 Å². The van der Waals surface area contributed by atoms with Crippen LogP contribution in [0, 0.1) is 0 Å². The predicted octanol–water partition coefficient (Wildman–Crippen LogP) is 4.40. The van der Waals surface area contributed by atoms with E-state index in [0.717, 1.165) is 31.5 Å². The van der Waals surface area contributed by atoms with Crippen molar-refractivity contribution >= 4 is 22.5 Å². The Hall–Kier alpha value is -3.43. The molecule has 1 saturated heterocycles. The van der Waals surface area contributed by atoms with Crippen LogP contribution in [0.1, 0.15) is 55.1 Å². The molecule has 3 aromatic rings. The number of benzene rings is 1. The van der Waals surface area contributed by atoms with Crippen LogP contribution in [-0.2, 0) is 12.7 Å². The SMILES string of the molecule is CCCCCn1nc(C(=O)NC2CCN(c3ccc(C(F)(F)F)cn3)CC2)c2ccccc2c1=O. The van der Waals surface area contributed by atoms with Crippen molar-refractivity contribution in [2.75, 3.05) is 18.0 Å². The molecule has 0 radical (unpaired) electrons. The second-order valence-electron chi connectivity index (χ2n) is 8.77. The highest BCUT2D eigenvalue weighted by molar-refractivity contribution is 6.04. The van der Waals surface area contributed by atoms with E-state index in [0.29, 0.717) is 49.1 Å².